The monoisotopic (exact) mass is 662 g/mol. The number of aliphatic hydroxyl groups excluding tert-OH is 1. The van der Waals surface area contributed by atoms with Crippen LogP contribution in [0.15, 0.2) is 11.1 Å². The van der Waals surface area contributed by atoms with E-state index in [1.807, 2.05) is 0 Å². The number of halogens is 21. The Morgan fingerprint density at radius 3 is 1.00 bits per heavy atom. The molecule has 0 radical (unpaired) electrons. The van der Waals surface area contributed by atoms with E-state index in [2.05, 4.69) is 0 Å². The number of carbonyl (C=O) groups is 1. The van der Waals surface area contributed by atoms with Crippen LogP contribution in [0.1, 0.15) is 20.3 Å². The van der Waals surface area contributed by atoms with E-state index in [1.54, 1.807) is 0 Å². The van der Waals surface area contributed by atoms with Crippen molar-refractivity contribution in [2.24, 2.45) is 0 Å². The smallest absolute Gasteiger partial charge is 0.460 e. The number of alkyl halides is 21. The van der Waals surface area contributed by atoms with E-state index in [9.17, 15) is 97.0 Å². The average molecular weight is 662 g/mol. The maximum Gasteiger partial charge on any atom is 0.460 e. The van der Waals surface area contributed by atoms with Crippen molar-refractivity contribution >= 4 is 5.97 Å². The first kappa shape index (κ1) is 38.7. The van der Waals surface area contributed by atoms with Crippen LogP contribution < -0.4 is 0 Å². The molecule has 0 aliphatic heterocycles. The van der Waals surface area contributed by atoms with E-state index >= 15 is 0 Å². The van der Waals surface area contributed by atoms with Crippen LogP contribution in [-0.4, -0.2) is 81.8 Å². The lowest BCUT2D eigenvalue weighted by molar-refractivity contribution is -0.473. The van der Waals surface area contributed by atoms with Crippen LogP contribution in [0.4, 0.5) is 92.2 Å². The minimum Gasteiger partial charge on any atom is -0.478 e. The predicted octanol–water partition coefficient (Wildman–Crippen LogP) is 7.44. The Bertz CT molecular complexity index is 1020. The normalized spacial score (nSPS) is 17.4. The highest BCUT2D eigenvalue weighted by Crippen LogP contribution is 2.66. The standard InChI is InChI=1S/C17H11F21O3/c1-4(39)3-6(5(2)7(40)41)8(18,19)9(20,21)10(22,23)11(24,25)12(26,27)13(28,29)14(30,31)15(32,33)16(34,35)17(36,37)38/h4,39H,3H2,1-2H3,(H,40,41). The molecular weight excluding hydrogens is 651 g/mol. The lowest BCUT2D eigenvalue weighted by atomic mass is 9.83. The summed E-state index contributed by atoms with van der Waals surface area (Å²) in [6.07, 6.45) is -12.7. The summed E-state index contributed by atoms with van der Waals surface area (Å²) >= 11 is 0. The maximum absolute atomic E-state index is 14.3. The average Bonchev–Trinajstić information content (AvgIpc) is 2.74. The third-order valence-electron chi connectivity index (χ3n) is 5.16. The van der Waals surface area contributed by atoms with Crippen LogP contribution in [-0.2, 0) is 4.79 Å². The first-order valence-electron chi connectivity index (χ1n) is 9.49. The highest BCUT2D eigenvalue weighted by Gasteiger charge is 2.98. The Labute approximate surface area is 211 Å². The van der Waals surface area contributed by atoms with Crippen molar-refractivity contribution in [3.63, 3.8) is 0 Å². The van der Waals surface area contributed by atoms with Crippen LogP contribution in [0, 0.1) is 0 Å². The fourth-order valence-electron chi connectivity index (χ4n) is 2.69. The second kappa shape index (κ2) is 10.2. The first-order valence-corrected chi connectivity index (χ1v) is 9.49. The number of aliphatic hydroxyl groups is 1. The lowest BCUT2D eigenvalue weighted by Crippen LogP contribution is -2.77. The first-order chi connectivity index (χ1) is 17.4. The van der Waals surface area contributed by atoms with Crippen molar-refractivity contribution in [2.75, 3.05) is 0 Å². The van der Waals surface area contributed by atoms with Gasteiger partial charge in [0.1, 0.15) is 0 Å². The second-order valence-electron chi connectivity index (χ2n) is 8.13. The summed E-state index contributed by atoms with van der Waals surface area (Å²) in [6.45, 7) is 0.163. The fraction of sp³-hybridized carbons (Fsp3) is 0.824. The number of carboxylic acid groups (broad SMARTS) is 1. The summed E-state index contributed by atoms with van der Waals surface area (Å²) in [5.74, 6) is -81.6. The van der Waals surface area contributed by atoms with Crippen LogP contribution >= 0.6 is 0 Å². The van der Waals surface area contributed by atoms with E-state index in [0.29, 0.717) is 6.92 Å². The molecule has 0 amide bonds. The topological polar surface area (TPSA) is 57.5 Å². The van der Waals surface area contributed by atoms with E-state index in [0.717, 1.165) is 0 Å². The van der Waals surface area contributed by atoms with Gasteiger partial charge in [0.15, 0.2) is 0 Å². The number of carboxylic acids is 1. The molecule has 0 rings (SSSR count). The van der Waals surface area contributed by atoms with Crippen molar-refractivity contribution in [1.82, 2.24) is 0 Å². The van der Waals surface area contributed by atoms with Gasteiger partial charge in [0, 0.05) is 17.6 Å². The third-order valence-corrected chi connectivity index (χ3v) is 5.16. The quantitative estimate of drug-likeness (QED) is 0.169. The fourth-order valence-corrected chi connectivity index (χ4v) is 2.69. The van der Waals surface area contributed by atoms with Gasteiger partial charge >= 0.3 is 65.4 Å². The van der Waals surface area contributed by atoms with Crippen LogP contribution in [0.25, 0.3) is 0 Å². The van der Waals surface area contributed by atoms with Gasteiger partial charge in [-0.25, -0.2) is 4.79 Å². The highest BCUT2D eigenvalue weighted by molar-refractivity contribution is 5.87. The molecule has 1 unspecified atom stereocenters. The van der Waals surface area contributed by atoms with Gasteiger partial charge in [0.2, 0.25) is 0 Å². The highest BCUT2D eigenvalue weighted by atomic mass is 19.4. The van der Waals surface area contributed by atoms with Gasteiger partial charge in [0.05, 0.1) is 6.10 Å². The minimum atomic E-state index is -9.30. The summed E-state index contributed by atoms with van der Waals surface area (Å²) in [5, 5.41) is 17.6. The van der Waals surface area contributed by atoms with Gasteiger partial charge in [-0.05, 0) is 13.8 Å². The van der Waals surface area contributed by atoms with E-state index < -0.39 is 89.1 Å². The van der Waals surface area contributed by atoms with Crippen molar-refractivity contribution in [1.29, 1.82) is 0 Å². The molecule has 0 spiro atoms. The van der Waals surface area contributed by atoms with Gasteiger partial charge in [-0.2, -0.15) is 92.2 Å². The van der Waals surface area contributed by atoms with Crippen molar-refractivity contribution < 1.29 is 107 Å². The zero-order chi connectivity index (χ0) is 34.0. The second-order valence-corrected chi connectivity index (χ2v) is 8.13. The summed E-state index contributed by atoms with van der Waals surface area (Å²) in [7, 11) is 0. The zero-order valence-corrected chi connectivity index (χ0v) is 19.0. The molecule has 0 aliphatic carbocycles. The van der Waals surface area contributed by atoms with Crippen molar-refractivity contribution in [2.45, 2.75) is 85.9 Å². The van der Waals surface area contributed by atoms with Gasteiger partial charge < -0.3 is 10.2 Å². The Morgan fingerprint density at radius 2 is 0.780 bits per heavy atom. The van der Waals surface area contributed by atoms with E-state index in [-0.39, 0.29) is 6.92 Å². The number of rotatable bonds is 12. The molecule has 3 nitrogen and oxygen atoms in total. The van der Waals surface area contributed by atoms with Crippen molar-refractivity contribution in [3.05, 3.63) is 11.1 Å². The molecule has 0 aliphatic rings. The summed E-state index contributed by atoms with van der Waals surface area (Å²) in [5.41, 5.74) is -5.19. The molecule has 1 atom stereocenters. The maximum atomic E-state index is 14.3. The Hall–Kier alpha value is -2.30. The van der Waals surface area contributed by atoms with Crippen molar-refractivity contribution in [3.8, 4) is 0 Å². The van der Waals surface area contributed by atoms with Gasteiger partial charge in [-0.15, -0.1) is 0 Å². The molecule has 24 heteroatoms. The molecular formula is C17H11F21O3. The molecule has 244 valence electrons. The largest absolute Gasteiger partial charge is 0.478 e. The Kier molecular flexibility index (Phi) is 9.59. The lowest BCUT2D eigenvalue weighted by Gasteiger charge is -2.44. The summed E-state index contributed by atoms with van der Waals surface area (Å²) in [4.78, 5) is 10.8. The molecule has 2 N–H and O–H groups in total. The number of hydrogen-bond acceptors (Lipinski definition) is 2. The molecule has 41 heavy (non-hydrogen) atoms. The minimum absolute atomic E-state index is 0.160. The molecule has 0 aromatic rings. The van der Waals surface area contributed by atoms with Crippen LogP contribution in [0.2, 0.25) is 0 Å². The van der Waals surface area contributed by atoms with Crippen LogP contribution in [0.5, 0.6) is 0 Å². The molecule has 0 bridgehead atoms. The molecule has 0 aromatic heterocycles. The number of hydrogen-bond donors (Lipinski definition) is 2. The Balaban J connectivity index is 7.43. The zero-order valence-electron chi connectivity index (χ0n) is 19.0. The summed E-state index contributed by atoms with van der Waals surface area (Å²) in [6, 6.07) is 0. The summed E-state index contributed by atoms with van der Waals surface area (Å²) < 4.78 is 282. The van der Waals surface area contributed by atoms with Gasteiger partial charge in [-0.3, -0.25) is 0 Å². The van der Waals surface area contributed by atoms with Crippen LogP contribution in [0.3, 0.4) is 0 Å². The Morgan fingerprint density at radius 1 is 0.537 bits per heavy atom. The third kappa shape index (κ3) is 5.14. The van der Waals surface area contributed by atoms with Gasteiger partial charge in [0.25, 0.3) is 0 Å². The van der Waals surface area contributed by atoms with E-state index in [1.165, 1.54) is 0 Å². The SMILES string of the molecule is CC(C(=O)O)=C(CC(C)O)C(F)(F)C(F)(F)C(F)(F)C(F)(F)C(F)(F)C(F)(F)C(F)(F)C(F)(F)C(F)(F)C(F)(F)F. The molecule has 0 saturated heterocycles. The predicted molar refractivity (Wildman–Crippen MR) is 87.2 cm³/mol. The molecule has 0 saturated carbocycles. The van der Waals surface area contributed by atoms with E-state index in [4.69, 9.17) is 10.2 Å². The number of aliphatic carboxylic acids is 1. The van der Waals surface area contributed by atoms with Gasteiger partial charge in [-0.1, -0.05) is 0 Å². The molecule has 0 fully saturated rings. The molecule has 0 heterocycles. The molecule has 0 aromatic carbocycles.